The number of ether oxygens (including phenoxy) is 2. The lowest BCUT2D eigenvalue weighted by molar-refractivity contribution is -0.138. The van der Waals surface area contributed by atoms with Gasteiger partial charge in [-0.25, -0.2) is 4.68 Å². The molecule has 0 saturated carbocycles. The van der Waals surface area contributed by atoms with E-state index in [2.05, 4.69) is 10.4 Å². The molecule has 1 amide bonds. The number of rotatable bonds is 8. The molecule has 0 aliphatic rings. The molecule has 35 heavy (non-hydrogen) atoms. The lowest BCUT2D eigenvalue weighted by Gasteiger charge is -2.15. The molecule has 7 nitrogen and oxygen atoms in total. The van der Waals surface area contributed by atoms with Gasteiger partial charge in [0.15, 0.2) is 18.1 Å². The van der Waals surface area contributed by atoms with Gasteiger partial charge in [-0.05, 0) is 61.4 Å². The maximum Gasteiger partial charge on any atom is 0.416 e. The van der Waals surface area contributed by atoms with Gasteiger partial charge in [-0.3, -0.25) is 4.79 Å². The number of hydrogen-bond acceptors (Lipinski definition) is 5. The number of carbonyl (C=O) groups is 1. The molecule has 1 heterocycles. The molecule has 0 bridgehead atoms. The first-order chi connectivity index (χ1) is 16.6. The molecule has 3 aromatic rings. The lowest BCUT2D eigenvalue weighted by Crippen LogP contribution is -2.23. The van der Waals surface area contributed by atoms with Gasteiger partial charge in [0.1, 0.15) is 6.07 Å². The maximum atomic E-state index is 13.7. The summed E-state index contributed by atoms with van der Waals surface area (Å²) in [7, 11) is 1.44. The van der Waals surface area contributed by atoms with Crippen LogP contribution in [0.3, 0.4) is 0 Å². The van der Waals surface area contributed by atoms with Gasteiger partial charge in [0.05, 0.1) is 24.1 Å². The van der Waals surface area contributed by atoms with E-state index in [1.807, 2.05) is 6.07 Å². The van der Waals surface area contributed by atoms with E-state index in [4.69, 9.17) is 14.7 Å². The van der Waals surface area contributed by atoms with Gasteiger partial charge in [-0.2, -0.15) is 23.5 Å². The number of nitrogens with one attached hydrogen (secondary N) is 1. The van der Waals surface area contributed by atoms with Crippen LogP contribution in [0.25, 0.3) is 11.8 Å². The smallest absolute Gasteiger partial charge is 0.416 e. The number of amides is 1. The molecular weight excluding hydrogens is 461 g/mol. The van der Waals surface area contributed by atoms with Gasteiger partial charge in [-0.1, -0.05) is 12.1 Å². The second kappa shape index (κ2) is 10.8. The number of methoxy groups -OCH3 is 1. The number of aromatic nitrogens is 2. The number of halogens is 3. The van der Waals surface area contributed by atoms with Crippen molar-refractivity contribution >= 4 is 12.0 Å². The average molecular weight is 484 g/mol. The summed E-state index contributed by atoms with van der Waals surface area (Å²) in [4.78, 5) is 12.3. The number of nitriles is 1. The molecular formula is C25H23F3N4O3. The van der Waals surface area contributed by atoms with Crippen molar-refractivity contribution in [1.29, 1.82) is 5.26 Å². The summed E-state index contributed by atoms with van der Waals surface area (Å²) in [5.74, 6) is 0.184. The summed E-state index contributed by atoms with van der Waals surface area (Å²) in [6.07, 6.45) is -1.90. The SMILES string of the molecule is COc1cc(C=CC(=O)NCc2ccc(-n3nc(C)cc3C)cc2C(F)(F)F)ccc1OCC#N. The molecule has 0 spiro atoms. The van der Waals surface area contributed by atoms with Crippen molar-refractivity contribution in [3.63, 3.8) is 0 Å². The van der Waals surface area contributed by atoms with Crippen LogP contribution in [0.1, 0.15) is 28.1 Å². The van der Waals surface area contributed by atoms with Crippen molar-refractivity contribution in [2.75, 3.05) is 13.7 Å². The molecule has 1 aromatic heterocycles. The third-order valence-electron chi connectivity index (χ3n) is 5.01. The normalized spacial score (nSPS) is 11.3. The summed E-state index contributed by atoms with van der Waals surface area (Å²) < 4.78 is 53.1. The fourth-order valence-electron chi connectivity index (χ4n) is 3.43. The van der Waals surface area contributed by atoms with Crippen LogP contribution in [-0.4, -0.2) is 29.4 Å². The predicted octanol–water partition coefficient (Wildman–Crippen LogP) is 4.75. The third kappa shape index (κ3) is 6.41. The highest BCUT2D eigenvalue weighted by molar-refractivity contribution is 5.91. The summed E-state index contributed by atoms with van der Waals surface area (Å²) in [6, 6.07) is 12.4. The topological polar surface area (TPSA) is 89.2 Å². The Morgan fingerprint density at radius 3 is 2.57 bits per heavy atom. The van der Waals surface area contributed by atoms with Crippen molar-refractivity contribution in [3.8, 4) is 23.3 Å². The molecule has 0 atom stereocenters. The molecule has 2 aromatic carbocycles. The van der Waals surface area contributed by atoms with E-state index in [9.17, 15) is 18.0 Å². The lowest BCUT2D eigenvalue weighted by atomic mass is 10.1. The minimum atomic E-state index is -4.60. The van der Waals surface area contributed by atoms with Gasteiger partial charge >= 0.3 is 6.18 Å². The molecule has 182 valence electrons. The fourth-order valence-corrected chi connectivity index (χ4v) is 3.43. The zero-order valence-electron chi connectivity index (χ0n) is 19.3. The van der Waals surface area contributed by atoms with Gasteiger partial charge < -0.3 is 14.8 Å². The summed E-state index contributed by atoms with van der Waals surface area (Å²) in [6.45, 7) is 3.07. The number of benzene rings is 2. The van der Waals surface area contributed by atoms with Crippen LogP contribution in [0.2, 0.25) is 0 Å². The van der Waals surface area contributed by atoms with Gasteiger partial charge in [-0.15, -0.1) is 0 Å². The number of alkyl halides is 3. The van der Waals surface area contributed by atoms with Gasteiger partial charge in [0, 0.05) is 18.3 Å². The molecule has 10 heteroatoms. The van der Waals surface area contributed by atoms with Crippen LogP contribution in [0.4, 0.5) is 13.2 Å². The first-order valence-electron chi connectivity index (χ1n) is 10.5. The minimum Gasteiger partial charge on any atom is -0.493 e. The highest BCUT2D eigenvalue weighted by atomic mass is 19.4. The second-order valence-electron chi connectivity index (χ2n) is 7.59. The standard InChI is InChI=1S/C25H23F3N4O3/c1-16-12-17(2)32(31-16)20-7-6-19(21(14-20)25(26,27)28)15-30-24(33)9-5-18-4-8-22(35-11-10-29)23(13-18)34-3/h4-9,12-14H,11,15H2,1-3H3,(H,30,33). The van der Waals surface area contributed by atoms with E-state index >= 15 is 0 Å². The molecule has 0 fully saturated rings. The number of nitrogens with zero attached hydrogens (tertiary/aromatic N) is 3. The summed E-state index contributed by atoms with van der Waals surface area (Å²) in [5, 5.41) is 15.3. The highest BCUT2D eigenvalue weighted by Gasteiger charge is 2.34. The van der Waals surface area contributed by atoms with Crippen molar-refractivity contribution in [3.05, 3.63) is 76.6 Å². The van der Waals surface area contributed by atoms with E-state index in [1.165, 1.54) is 36.1 Å². The minimum absolute atomic E-state index is 0.0646. The quantitative estimate of drug-likeness (QED) is 0.466. The second-order valence-corrected chi connectivity index (χ2v) is 7.59. The van der Waals surface area contributed by atoms with E-state index in [0.29, 0.717) is 28.5 Å². The highest BCUT2D eigenvalue weighted by Crippen LogP contribution is 2.34. The molecule has 0 unspecified atom stereocenters. The molecule has 3 rings (SSSR count). The Hall–Kier alpha value is -4.26. The number of hydrogen-bond donors (Lipinski definition) is 1. The van der Waals surface area contributed by atoms with Crippen LogP contribution < -0.4 is 14.8 Å². The number of carbonyl (C=O) groups excluding carboxylic acids is 1. The largest absolute Gasteiger partial charge is 0.493 e. The van der Waals surface area contributed by atoms with E-state index in [0.717, 1.165) is 6.07 Å². The molecule has 1 N–H and O–H groups in total. The zero-order valence-corrected chi connectivity index (χ0v) is 19.3. The monoisotopic (exact) mass is 484 g/mol. The Morgan fingerprint density at radius 1 is 1.17 bits per heavy atom. The molecule has 0 radical (unpaired) electrons. The number of aryl methyl sites for hydroxylation is 2. The Bertz CT molecular complexity index is 1290. The third-order valence-corrected chi connectivity index (χ3v) is 5.01. The van der Waals surface area contributed by atoms with Crippen LogP contribution in [-0.2, 0) is 17.5 Å². The average Bonchev–Trinajstić information content (AvgIpc) is 3.17. The Labute approximate surface area is 200 Å². The van der Waals surface area contributed by atoms with Crippen LogP contribution >= 0.6 is 0 Å². The summed E-state index contributed by atoms with van der Waals surface area (Å²) >= 11 is 0. The Balaban J connectivity index is 1.73. The molecule has 0 saturated heterocycles. The van der Waals surface area contributed by atoms with Crippen LogP contribution in [0.5, 0.6) is 11.5 Å². The molecule has 0 aliphatic carbocycles. The van der Waals surface area contributed by atoms with Crippen LogP contribution in [0.15, 0.2) is 48.5 Å². The fraction of sp³-hybridized carbons (Fsp3) is 0.240. The maximum absolute atomic E-state index is 13.7. The predicted molar refractivity (Wildman–Crippen MR) is 123 cm³/mol. The van der Waals surface area contributed by atoms with Crippen molar-refractivity contribution in [2.24, 2.45) is 0 Å². The van der Waals surface area contributed by atoms with Gasteiger partial charge in [0.25, 0.3) is 0 Å². The first-order valence-corrected chi connectivity index (χ1v) is 10.5. The first kappa shape index (κ1) is 25.4. The van der Waals surface area contributed by atoms with E-state index in [-0.39, 0.29) is 24.4 Å². The van der Waals surface area contributed by atoms with Gasteiger partial charge in [0.2, 0.25) is 5.91 Å². The summed E-state index contributed by atoms with van der Waals surface area (Å²) in [5.41, 5.74) is 1.39. The molecule has 0 aliphatic heterocycles. The van der Waals surface area contributed by atoms with E-state index in [1.54, 1.807) is 38.1 Å². The Kier molecular flexibility index (Phi) is 7.81. The van der Waals surface area contributed by atoms with Crippen molar-refractivity contribution < 1.29 is 27.4 Å². The van der Waals surface area contributed by atoms with E-state index < -0.39 is 17.6 Å². The van der Waals surface area contributed by atoms with Crippen molar-refractivity contribution in [2.45, 2.75) is 26.6 Å². The van der Waals surface area contributed by atoms with Crippen molar-refractivity contribution in [1.82, 2.24) is 15.1 Å². The van der Waals surface area contributed by atoms with Crippen LogP contribution in [0, 0.1) is 25.2 Å². The Morgan fingerprint density at radius 2 is 1.94 bits per heavy atom. The zero-order chi connectivity index (χ0) is 25.6.